The molecule has 17 heavy (non-hydrogen) atoms. The van der Waals surface area contributed by atoms with Gasteiger partial charge in [0.15, 0.2) is 0 Å². The van der Waals surface area contributed by atoms with Gasteiger partial charge in [0.05, 0.1) is 5.56 Å². The predicted octanol–water partition coefficient (Wildman–Crippen LogP) is 3.40. The molecule has 0 N–H and O–H groups in total. The summed E-state index contributed by atoms with van der Waals surface area (Å²) in [5.74, 6) is -0.521. The molecule has 0 aromatic heterocycles. The van der Waals surface area contributed by atoms with Gasteiger partial charge in [0, 0.05) is 29.9 Å². The van der Waals surface area contributed by atoms with Gasteiger partial charge in [0.25, 0.3) is 5.91 Å². The number of hydrogen-bond acceptors (Lipinski definition) is 1. The second kappa shape index (κ2) is 7.04. The van der Waals surface area contributed by atoms with E-state index in [9.17, 15) is 9.18 Å². The maximum Gasteiger partial charge on any atom is 0.256 e. The van der Waals surface area contributed by atoms with Gasteiger partial charge in [-0.25, -0.2) is 4.39 Å². The maximum absolute atomic E-state index is 13.5. The minimum absolute atomic E-state index is 0.0235. The summed E-state index contributed by atoms with van der Waals surface area (Å²) in [5.41, 5.74) is -0.0235. The first-order valence-corrected chi connectivity index (χ1v) is 6.41. The molecule has 0 heterocycles. The molecule has 0 fully saturated rings. The van der Waals surface area contributed by atoms with Gasteiger partial charge < -0.3 is 4.90 Å². The van der Waals surface area contributed by atoms with Gasteiger partial charge in [-0.05, 0) is 18.2 Å². The number of halogens is 4. The Balaban J connectivity index is 2.92. The van der Waals surface area contributed by atoms with Gasteiger partial charge in [-0.1, -0.05) is 11.6 Å². The Bertz CT molecular complexity index is 394. The summed E-state index contributed by atoms with van der Waals surface area (Å²) in [6, 6.07) is 3.93. The first kappa shape index (κ1) is 14.6. The van der Waals surface area contributed by atoms with Crippen LogP contribution >= 0.6 is 34.8 Å². The molecule has 0 aliphatic carbocycles. The van der Waals surface area contributed by atoms with E-state index in [1.807, 2.05) is 0 Å². The fourth-order valence-electron chi connectivity index (χ4n) is 1.35. The van der Waals surface area contributed by atoms with Crippen molar-refractivity contribution in [1.82, 2.24) is 4.90 Å². The summed E-state index contributed by atoms with van der Waals surface area (Å²) < 4.78 is 13.5. The van der Waals surface area contributed by atoms with Crippen LogP contribution in [0.5, 0.6) is 0 Å². The zero-order chi connectivity index (χ0) is 12.8. The maximum atomic E-state index is 13.5. The fraction of sp³-hybridized carbons (Fsp3) is 0.364. The summed E-state index contributed by atoms with van der Waals surface area (Å²) >= 11 is 16.8. The van der Waals surface area contributed by atoms with Crippen molar-refractivity contribution in [1.29, 1.82) is 0 Å². The molecule has 0 saturated heterocycles. The highest BCUT2D eigenvalue weighted by molar-refractivity contribution is 6.30. The van der Waals surface area contributed by atoms with Crippen molar-refractivity contribution in [2.45, 2.75) is 0 Å². The van der Waals surface area contributed by atoms with Crippen molar-refractivity contribution in [2.75, 3.05) is 24.8 Å². The molecule has 0 radical (unpaired) electrons. The number of carbonyl (C=O) groups excluding carboxylic acids is 1. The minimum atomic E-state index is -0.642. The van der Waals surface area contributed by atoms with Gasteiger partial charge in [-0.15, -0.1) is 23.2 Å². The highest BCUT2D eigenvalue weighted by atomic mass is 35.5. The van der Waals surface area contributed by atoms with E-state index in [-0.39, 0.29) is 22.3 Å². The molecule has 0 aliphatic heterocycles. The normalized spacial score (nSPS) is 10.4. The van der Waals surface area contributed by atoms with Crippen molar-refractivity contribution in [3.05, 3.63) is 34.6 Å². The van der Waals surface area contributed by atoms with Gasteiger partial charge in [-0.2, -0.15) is 0 Å². The van der Waals surface area contributed by atoms with E-state index in [0.29, 0.717) is 13.1 Å². The van der Waals surface area contributed by atoms with Crippen LogP contribution in [0.15, 0.2) is 18.2 Å². The van der Waals surface area contributed by atoms with Crippen LogP contribution in [0, 0.1) is 5.82 Å². The van der Waals surface area contributed by atoms with E-state index in [0.717, 1.165) is 6.07 Å². The van der Waals surface area contributed by atoms with E-state index >= 15 is 0 Å². The molecule has 1 aromatic rings. The van der Waals surface area contributed by atoms with E-state index in [1.54, 1.807) is 0 Å². The zero-order valence-electron chi connectivity index (χ0n) is 8.93. The lowest BCUT2D eigenvalue weighted by molar-refractivity contribution is 0.0770. The lowest BCUT2D eigenvalue weighted by Gasteiger charge is -2.20. The molecule has 0 bridgehead atoms. The number of nitrogens with zero attached hydrogens (tertiary/aromatic N) is 1. The molecule has 0 atom stereocenters. The topological polar surface area (TPSA) is 20.3 Å². The highest BCUT2D eigenvalue weighted by Gasteiger charge is 2.18. The molecule has 6 heteroatoms. The quantitative estimate of drug-likeness (QED) is 0.763. The smallest absolute Gasteiger partial charge is 0.256 e. The lowest BCUT2D eigenvalue weighted by Crippen LogP contribution is -2.34. The molecule has 1 aromatic carbocycles. The van der Waals surface area contributed by atoms with E-state index in [2.05, 4.69) is 0 Å². The SMILES string of the molecule is O=C(c1ccc(Cl)cc1F)N(CCCl)CCCl. The molecule has 1 amide bonds. The van der Waals surface area contributed by atoms with Crippen molar-refractivity contribution in [3.8, 4) is 0 Å². The lowest BCUT2D eigenvalue weighted by atomic mass is 10.2. The number of alkyl halides is 2. The van der Waals surface area contributed by atoms with Crippen LogP contribution in [0.3, 0.4) is 0 Å². The summed E-state index contributed by atoms with van der Waals surface area (Å²) in [4.78, 5) is 13.4. The molecular weight excluding hydrogens is 287 g/mol. The minimum Gasteiger partial charge on any atom is -0.336 e. The number of hydrogen-bond donors (Lipinski definition) is 0. The Kier molecular flexibility index (Phi) is 6.03. The monoisotopic (exact) mass is 297 g/mol. The third kappa shape index (κ3) is 4.02. The van der Waals surface area contributed by atoms with Crippen LogP contribution in [0.1, 0.15) is 10.4 Å². The Morgan fingerprint density at radius 2 is 1.82 bits per heavy atom. The Hall–Kier alpha value is -0.510. The molecule has 0 spiro atoms. The van der Waals surface area contributed by atoms with E-state index in [4.69, 9.17) is 34.8 Å². The third-order valence-electron chi connectivity index (χ3n) is 2.16. The molecule has 2 nitrogen and oxygen atoms in total. The van der Waals surface area contributed by atoms with Crippen LogP contribution in [-0.4, -0.2) is 35.7 Å². The molecule has 1 rings (SSSR count). The van der Waals surface area contributed by atoms with Crippen molar-refractivity contribution in [3.63, 3.8) is 0 Å². The molecular formula is C11H11Cl3FNO. The predicted molar refractivity (Wildman–Crippen MR) is 68.8 cm³/mol. The molecule has 0 unspecified atom stereocenters. The zero-order valence-corrected chi connectivity index (χ0v) is 11.2. The van der Waals surface area contributed by atoms with Crippen molar-refractivity contribution >= 4 is 40.7 Å². The van der Waals surface area contributed by atoms with Gasteiger partial charge >= 0.3 is 0 Å². The standard InChI is InChI=1S/C11H11Cl3FNO/c12-3-5-16(6-4-13)11(17)9-2-1-8(14)7-10(9)15/h1-2,7H,3-6H2. The second-order valence-electron chi connectivity index (χ2n) is 3.29. The van der Waals surface area contributed by atoms with Crippen LogP contribution in [0.25, 0.3) is 0 Å². The molecule has 0 aliphatic rings. The average Bonchev–Trinajstić information content (AvgIpc) is 2.28. The van der Waals surface area contributed by atoms with E-state index < -0.39 is 11.7 Å². The Morgan fingerprint density at radius 1 is 1.24 bits per heavy atom. The van der Waals surface area contributed by atoms with Crippen LogP contribution in [0.4, 0.5) is 4.39 Å². The average molecular weight is 299 g/mol. The third-order valence-corrected chi connectivity index (χ3v) is 2.73. The summed E-state index contributed by atoms with van der Waals surface area (Å²) in [5, 5.41) is 0.250. The van der Waals surface area contributed by atoms with Crippen LogP contribution < -0.4 is 0 Å². The van der Waals surface area contributed by atoms with Crippen molar-refractivity contribution < 1.29 is 9.18 Å². The second-order valence-corrected chi connectivity index (χ2v) is 4.49. The summed E-state index contributed by atoms with van der Waals surface area (Å²) in [7, 11) is 0. The van der Waals surface area contributed by atoms with Crippen LogP contribution in [0.2, 0.25) is 5.02 Å². The fourth-order valence-corrected chi connectivity index (χ4v) is 1.92. The van der Waals surface area contributed by atoms with Gasteiger partial charge in [-0.3, -0.25) is 4.79 Å². The molecule has 94 valence electrons. The first-order valence-electron chi connectivity index (χ1n) is 4.96. The first-order chi connectivity index (χ1) is 8.10. The number of carbonyl (C=O) groups is 1. The Morgan fingerprint density at radius 3 is 2.29 bits per heavy atom. The Labute approximate surface area is 114 Å². The van der Waals surface area contributed by atoms with Crippen LogP contribution in [-0.2, 0) is 0 Å². The van der Waals surface area contributed by atoms with Crippen molar-refractivity contribution in [2.24, 2.45) is 0 Å². The highest BCUT2D eigenvalue weighted by Crippen LogP contribution is 2.16. The summed E-state index contributed by atoms with van der Waals surface area (Å²) in [6.45, 7) is 0.657. The number of rotatable bonds is 5. The molecule has 0 saturated carbocycles. The number of amides is 1. The largest absolute Gasteiger partial charge is 0.336 e. The van der Waals surface area contributed by atoms with E-state index in [1.165, 1.54) is 17.0 Å². The number of benzene rings is 1. The van der Waals surface area contributed by atoms with Gasteiger partial charge in [0.1, 0.15) is 5.82 Å². The summed E-state index contributed by atoms with van der Waals surface area (Å²) in [6.07, 6.45) is 0. The van der Waals surface area contributed by atoms with Gasteiger partial charge in [0.2, 0.25) is 0 Å².